The first-order valence-corrected chi connectivity index (χ1v) is 9.32. The average Bonchev–Trinajstić information content (AvgIpc) is 3.09. The summed E-state index contributed by atoms with van der Waals surface area (Å²) in [5, 5.41) is 14.3. The Morgan fingerprint density at radius 1 is 1.12 bits per heavy atom. The zero-order valence-electron chi connectivity index (χ0n) is 14.9. The summed E-state index contributed by atoms with van der Waals surface area (Å²) >= 11 is 0. The van der Waals surface area contributed by atoms with E-state index in [1.54, 1.807) is 6.33 Å². The molecule has 6 nitrogen and oxygen atoms in total. The fourth-order valence-electron chi connectivity index (χ4n) is 3.51. The first-order valence-electron chi connectivity index (χ1n) is 9.32. The highest BCUT2D eigenvalue weighted by Crippen LogP contribution is 2.19. The molecule has 0 aliphatic carbocycles. The molecule has 3 aromatic rings. The normalized spacial score (nSPS) is 15.5. The molecule has 0 bridgehead atoms. The van der Waals surface area contributed by atoms with Gasteiger partial charge in [0, 0.05) is 44.0 Å². The molecule has 0 unspecified atom stereocenters. The number of aliphatic hydroxyl groups excluding tert-OH is 1. The second-order valence-electron chi connectivity index (χ2n) is 6.83. The second kappa shape index (κ2) is 7.74. The second-order valence-corrected chi connectivity index (χ2v) is 6.83. The molecule has 26 heavy (non-hydrogen) atoms. The lowest BCUT2D eigenvalue weighted by molar-refractivity contribution is 0.145. The number of nitrogens with one attached hydrogen (secondary N) is 1. The van der Waals surface area contributed by atoms with Gasteiger partial charge in [-0.3, -0.25) is 0 Å². The van der Waals surface area contributed by atoms with Crippen LogP contribution in [0.25, 0.3) is 10.9 Å². The average molecular weight is 351 g/mol. The quantitative estimate of drug-likeness (QED) is 0.669. The topological polar surface area (TPSA) is 66.2 Å². The van der Waals surface area contributed by atoms with E-state index in [1.165, 1.54) is 10.9 Å². The molecule has 1 aromatic carbocycles. The molecule has 4 rings (SSSR count). The van der Waals surface area contributed by atoms with E-state index in [-0.39, 0.29) is 6.10 Å². The Morgan fingerprint density at radius 2 is 1.96 bits per heavy atom. The summed E-state index contributed by atoms with van der Waals surface area (Å²) in [7, 11) is 0. The van der Waals surface area contributed by atoms with Crippen molar-refractivity contribution in [1.82, 2.24) is 14.5 Å². The van der Waals surface area contributed by atoms with Crippen LogP contribution in [0.1, 0.15) is 19.3 Å². The summed E-state index contributed by atoms with van der Waals surface area (Å²) in [5.41, 5.74) is 1.28. The maximum atomic E-state index is 9.64. The smallest absolute Gasteiger partial charge is 0.134 e. The molecule has 0 radical (unpaired) electrons. The minimum absolute atomic E-state index is 0.171. The van der Waals surface area contributed by atoms with Gasteiger partial charge in [0.25, 0.3) is 0 Å². The van der Waals surface area contributed by atoms with Gasteiger partial charge in [-0.25, -0.2) is 9.97 Å². The molecule has 6 heteroatoms. The summed E-state index contributed by atoms with van der Waals surface area (Å²) in [4.78, 5) is 10.9. The van der Waals surface area contributed by atoms with Gasteiger partial charge in [0.1, 0.15) is 18.0 Å². The van der Waals surface area contributed by atoms with Gasteiger partial charge >= 0.3 is 0 Å². The third-order valence-corrected chi connectivity index (χ3v) is 5.00. The van der Waals surface area contributed by atoms with Crippen molar-refractivity contribution in [3.8, 4) is 0 Å². The van der Waals surface area contributed by atoms with Crippen molar-refractivity contribution in [3.63, 3.8) is 0 Å². The lowest BCUT2D eigenvalue weighted by Crippen LogP contribution is -2.36. The van der Waals surface area contributed by atoms with Crippen LogP contribution in [0.2, 0.25) is 0 Å². The molecular formula is C20H25N5O. The predicted octanol–water partition coefficient (Wildman–Crippen LogP) is 2.89. The third-order valence-electron chi connectivity index (χ3n) is 5.00. The van der Waals surface area contributed by atoms with Gasteiger partial charge in [0.05, 0.1) is 6.10 Å². The van der Waals surface area contributed by atoms with Crippen molar-refractivity contribution in [2.75, 3.05) is 29.9 Å². The highest BCUT2D eigenvalue weighted by molar-refractivity contribution is 5.79. The molecule has 1 saturated heterocycles. The maximum Gasteiger partial charge on any atom is 0.134 e. The molecule has 3 heterocycles. The zero-order valence-corrected chi connectivity index (χ0v) is 14.9. The molecule has 2 aromatic heterocycles. The van der Waals surface area contributed by atoms with Gasteiger partial charge < -0.3 is 19.9 Å². The molecule has 2 N–H and O–H groups in total. The molecule has 0 saturated carbocycles. The van der Waals surface area contributed by atoms with E-state index in [4.69, 9.17) is 0 Å². The Labute approximate surface area is 153 Å². The van der Waals surface area contributed by atoms with Crippen molar-refractivity contribution in [2.45, 2.75) is 31.9 Å². The number of rotatable bonds is 6. The Balaban J connectivity index is 1.30. The van der Waals surface area contributed by atoms with E-state index in [2.05, 4.69) is 61.3 Å². The zero-order chi connectivity index (χ0) is 17.8. The number of hydrogen-bond acceptors (Lipinski definition) is 5. The summed E-state index contributed by atoms with van der Waals surface area (Å²) in [6.45, 7) is 3.53. The van der Waals surface area contributed by atoms with Crippen LogP contribution >= 0.6 is 0 Å². The van der Waals surface area contributed by atoms with Gasteiger partial charge in [-0.1, -0.05) is 18.2 Å². The van der Waals surface area contributed by atoms with Crippen molar-refractivity contribution in [3.05, 3.63) is 48.9 Å². The summed E-state index contributed by atoms with van der Waals surface area (Å²) in [6.07, 6.45) is 6.22. The van der Waals surface area contributed by atoms with Crippen LogP contribution in [-0.2, 0) is 6.54 Å². The van der Waals surface area contributed by atoms with E-state index in [0.717, 1.165) is 57.1 Å². The van der Waals surface area contributed by atoms with Crippen molar-refractivity contribution < 1.29 is 5.11 Å². The third kappa shape index (κ3) is 3.80. The molecular weight excluding hydrogens is 326 g/mol. The number of anilines is 2. The number of benzene rings is 1. The molecule has 1 fully saturated rings. The largest absolute Gasteiger partial charge is 0.393 e. The minimum Gasteiger partial charge on any atom is -0.393 e. The highest BCUT2D eigenvalue weighted by atomic mass is 16.3. The molecule has 0 spiro atoms. The fourth-order valence-corrected chi connectivity index (χ4v) is 3.51. The van der Waals surface area contributed by atoms with Gasteiger partial charge in [0.15, 0.2) is 0 Å². The molecule has 1 aliphatic heterocycles. The molecule has 136 valence electrons. The molecule has 0 amide bonds. The van der Waals surface area contributed by atoms with Gasteiger partial charge in [-0.05, 0) is 36.8 Å². The lowest BCUT2D eigenvalue weighted by atomic mass is 10.1. The lowest BCUT2D eigenvalue weighted by Gasteiger charge is -2.30. The van der Waals surface area contributed by atoms with Gasteiger partial charge in [-0.15, -0.1) is 0 Å². The van der Waals surface area contributed by atoms with Crippen LogP contribution in [0.4, 0.5) is 11.6 Å². The highest BCUT2D eigenvalue weighted by Gasteiger charge is 2.18. The SMILES string of the molecule is OC1CCN(c2cc(NCCCn3ccc4ccccc43)ncn2)CC1. The van der Waals surface area contributed by atoms with E-state index in [9.17, 15) is 5.11 Å². The fraction of sp³-hybridized carbons (Fsp3) is 0.400. The Hall–Kier alpha value is -2.60. The van der Waals surface area contributed by atoms with Crippen LogP contribution in [0, 0.1) is 0 Å². The van der Waals surface area contributed by atoms with E-state index >= 15 is 0 Å². The minimum atomic E-state index is -0.171. The Morgan fingerprint density at radius 3 is 2.85 bits per heavy atom. The number of fused-ring (bicyclic) bond motifs is 1. The maximum absolute atomic E-state index is 9.64. The summed E-state index contributed by atoms with van der Waals surface area (Å²) in [6, 6.07) is 12.6. The van der Waals surface area contributed by atoms with Crippen LogP contribution in [0.3, 0.4) is 0 Å². The number of aromatic nitrogens is 3. The monoisotopic (exact) mass is 351 g/mol. The number of aliphatic hydroxyl groups is 1. The van der Waals surface area contributed by atoms with Gasteiger partial charge in [-0.2, -0.15) is 0 Å². The standard InChI is InChI=1S/C20H25N5O/c26-17-7-12-25(13-8-17)20-14-19(22-15-23-20)21-9-3-10-24-11-6-16-4-1-2-5-18(16)24/h1-2,4-6,11,14-15,17,26H,3,7-10,12-13H2,(H,21,22,23). The van der Waals surface area contributed by atoms with Crippen molar-refractivity contribution in [1.29, 1.82) is 0 Å². The van der Waals surface area contributed by atoms with Crippen LogP contribution in [0.15, 0.2) is 48.9 Å². The van der Waals surface area contributed by atoms with E-state index < -0.39 is 0 Å². The van der Waals surface area contributed by atoms with Crippen molar-refractivity contribution >= 4 is 22.5 Å². The van der Waals surface area contributed by atoms with Crippen LogP contribution in [0.5, 0.6) is 0 Å². The Kier molecular flexibility index (Phi) is 5.02. The van der Waals surface area contributed by atoms with Crippen LogP contribution < -0.4 is 10.2 Å². The first-order chi connectivity index (χ1) is 12.8. The van der Waals surface area contributed by atoms with Crippen molar-refractivity contribution in [2.24, 2.45) is 0 Å². The Bertz CT molecular complexity index is 854. The molecule has 0 atom stereocenters. The number of hydrogen-bond donors (Lipinski definition) is 2. The number of para-hydroxylation sites is 1. The van der Waals surface area contributed by atoms with Gasteiger partial charge in [0.2, 0.25) is 0 Å². The van der Waals surface area contributed by atoms with E-state index in [0.29, 0.717) is 0 Å². The predicted molar refractivity (Wildman–Crippen MR) is 105 cm³/mol. The number of nitrogens with zero attached hydrogens (tertiary/aromatic N) is 4. The first kappa shape index (κ1) is 16.8. The number of piperidine rings is 1. The molecule has 1 aliphatic rings. The van der Waals surface area contributed by atoms with E-state index in [1.807, 2.05) is 6.07 Å². The summed E-state index contributed by atoms with van der Waals surface area (Å²) in [5.74, 6) is 1.80. The van der Waals surface area contributed by atoms with Crippen LogP contribution in [-0.4, -0.2) is 45.4 Å². The summed E-state index contributed by atoms with van der Waals surface area (Å²) < 4.78 is 2.29. The number of aryl methyl sites for hydroxylation is 1.